The maximum Gasteiger partial charge on any atom is 0.0677 e. The van der Waals surface area contributed by atoms with Gasteiger partial charge < -0.3 is 10.4 Å². The van der Waals surface area contributed by atoms with Crippen LogP contribution in [0.15, 0.2) is 36.7 Å². The van der Waals surface area contributed by atoms with Crippen LogP contribution in [-0.4, -0.2) is 21.5 Å². The van der Waals surface area contributed by atoms with Crippen LogP contribution in [0.3, 0.4) is 0 Å². The van der Waals surface area contributed by atoms with Gasteiger partial charge in [-0.1, -0.05) is 24.3 Å². The molecular weight excluding hydrogens is 238 g/mol. The van der Waals surface area contributed by atoms with Crippen LogP contribution in [0, 0.1) is 0 Å². The lowest BCUT2D eigenvalue weighted by atomic mass is 9.92. The summed E-state index contributed by atoms with van der Waals surface area (Å²) in [4.78, 5) is 0. The Morgan fingerprint density at radius 1 is 1.42 bits per heavy atom. The monoisotopic (exact) mass is 257 g/mol. The Labute approximate surface area is 113 Å². The Hall–Kier alpha value is -1.65. The molecule has 0 amide bonds. The first-order valence-electron chi connectivity index (χ1n) is 6.65. The molecule has 1 aromatic carbocycles. The van der Waals surface area contributed by atoms with Gasteiger partial charge in [-0.05, 0) is 24.0 Å². The Kier molecular flexibility index (Phi) is 3.12. The molecule has 1 aliphatic rings. The second-order valence-electron chi connectivity index (χ2n) is 5.27. The Morgan fingerprint density at radius 3 is 3.00 bits per heavy atom. The van der Waals surface area contributed by atoms with Crippen molar-refractivity contribution in [2.45, 2.75) is 24.9 Å². The van der Waals surface area contributed by atoms with E-state index in [0.29, 0.717) is 0 Å². The van der Waals surface area contributed by atoms with E-state index < -0.39 is 0 Å². The van der Waals surface area contributed by atoms with Crippen molar-refractivity contribution in [2.24, 2.45) is 7.05 Å². The number of aromatic nitrogens is 2. The van der Waals surface area contributed by atoms with Crippen LogP contribution < -0.4 is 5.32 Å². The molecule has 2 N–H and O–H groups in total. The summed E-state index contributed by atoms with van der Waals surface area (Å²) in [7, 11) is 1.91. The molecule has 0 radical (unpaired) electrons. The van der Waals surface area contributed by atoms with Gasteiger partial charge >= 0.3 is 0 Å². The molecule has 0 fully saturated rings. The molecule has 4 heteroatoms. The van der Waals surface area contributed by atoms with Crippen molar-refractivity contribution in [2.75, 3.05) is 6.61 Å². The molecule has 0 aliphatic heterocycles. The van der Waals surface area contributed by atoms with Crippen molar-refractivity contribution >= 4 is 0 Å². The van der Waals surface area contributed by atoms with Gasteiger partial charge in [0.2, 0.25) is 0 Å². The van der Waals surface area contributed by atoms with E-state index >= 15 is 0 Å². The number of rotatable bonds is 4. The summed E-state index contributed by atoms with van der Waals surface area (Å²) >= 11 is 0. The zero-order valence-corrected chi connectivity index (χ0v) is 11.1. The molecule has 2 aromatic rings. The molecule has 1 aromatic heterocycles. The third-order valence-corrected chi connectivity index (χ3v) is 4.01. The van der Waals surface area contributed by atoms with Crippen LogP contribution in [0.2, 0.25) is 0 Å². The Bertz CT molecular complexity index is 578. The maximum atomic E-state index is 9.86. The van der Waals surface area contributed by atoms with Crippen LogP contribution >= 0.6 is 0 Å². The lowest BCUT2D eigenvalue weighted by Crippen LogP contribution is -2.43. The first-order valence-corrected chi connectivity index (χ1v) is 6.65. The van der Waals surface area contributed by atoms with E-state index in [1.807, 2.05) is 25.5 Å². The van der Waals surface area contributed by atoms with E-state index in [0.717, 1.165) is 24.9 Å². The van der Waals surface area contributed by atoms with Gasteiger partial charge in [0.25, 0.3) is 0 Å². The van der Waals surface area contributed by atoms with Crippen LogP contribution in [0.4, 0.5) is 0 Å². The van der Waals surface area contributed by atoms with Gasteiger partial charge in [-0.25, -0.2) is 0 Å². The number of benzene rings is 1. The largest absolute Gasteiger partial charge is 0.394 e. The van der Waals surface area contributed by atoms with Crippen molar-refractivity contribution in [3.8, 4) is 0 Å². The molecule has 4 nitrogen and oxygen atoms in total. The van der Waals surface area contributed by atoms with Crippen LogP contribution in [0.25, 0.3) is 0 Å². The predicted molar refractivity (Wildman–Crippen MR) is 73.6 cm³/mol. The lowest BCUT2D eigenvalue weighted by molar-refractivity contribution is 0.159. The number of nitrogens with zero attached hydrogens (tertiary/aromatic N) is 2. The molecular formula is C15H19N3O. The molecule has 19 heavy (non-hydrogen) atoms. The van der Waals surface area contributed by atoms with Crippen LogP contribution in [0.1, 0.15) is 23.1 Å². The van der Waals surface area contributed by atoms with E-state index in [2.05, 4.69) is 28.6 Å². The third kappa shape index (κ3) is 2.17. The molecule has 0 spiro atoms. The molecule has 100 valence electrons. The zero-order valence-electron chi connectivity index (χ0n) is 11.1. The van der Waals surface area contributed by atoms with Gasteiger partial charge in [-0.2, -0.15) is 5.10 Å². The van der Waals surface area contributed by atoms with E-state index in [1.54, 1.807) is 4.68 Å². The number of nitrogens with one attached hydrogen (secondary N) is 1. The van der Waals surface area contributed by atoms with Crippen molar-refractivity contribution in [3.63, 3.8) is 0 Å². The first kappa shape index (κ1) is 12.4. The summed E-state index contributed by atoms with van der Waals surface area (Å²) in [5, 5.41) is 17.6. The Morgan fingerprint density at radius 2 is 2.26 bits per heavy atom. The highest BCUT2D eigenvalue weighted by atomic mass is 16.3. The van der Waals surface area contributed by atoms with E-state index in [9.17, 15) is 5.11 Å². The smallest absolute Gasteiger partial charge is 0.0677 e. The van der Waals surface area contributed by atoms with Gasteiger partial charge in [-0.15, -0.1) is 0 Å². The van der Waals surface area contributed by atoms with Crippen molar-refractivity contribution in [1.82, 2.24) is 15.1 Å². The fraction of sp³-hybridized carbons (Fsp3) is 0.400. The summed E-state index contributed by atoms with van der Waals surface area (Å²) in [5.41, 5.74) is 3.42. The van der Waals surface area contributed by atoms with Crippen LogP contribution in [0.5, 0.6) is 0 Å². The Balaban J connectivity index is 1.81. The normalized spacial score (nSPS) is 21.6. The van der Waals surface area contributed by atoms with Crippen molar-refractivity contribution < 1.29 is 5.11 Å². The summed E-state index contributed by atoms with van der Waals surface area (Å²) in [5.74, 6) is 0. The first-order chi connectivity index (χ1) is 9.23. The molecule has 1 unspecified atom stereocenters. The lowest BCUT2D eigenvalue weighted by Gasteiger charge is -2.29. The number of hydrogen-bond donors (Lipinski definition) is 2. The summed E-state index contributed by atoms with van der Waals surface area (Å²) in [6.07, 6.45) is 5.83. The summed E-state index contributed by atoms with van der Waals surface area (Å²) in [6, 6.07) is 8.38. The molecule has 0 saturated heterocycles. The SMILES string of the molecule is Cn1cc(CNC2(CO)CCc3ccccc32)cn1. The average molecular weight is 257 g/mol. The molecule has 1 atom stereocenters. The maximum absolute atomic E-state index is 9.86. The quantitative estimate of drug-likeness (QED) is 0.869. The van der Waals surface area contributed by atoms with E-state index in [-0.39, 0.29) is 12.1 Å². The van der Waals surface area contributed by atoms with Gasteiger partial charge in [0.15, 0.2) is 0 Å². The second-order valence-corrected chi connectivity index (χ2v) is 5.27. The second kappa shape index (κ2) is 4.79. The average Bonchev–Trinajstić information content (AvgIpc) is 3.01. The number of aryl methyl sites for hydroxylation is 2. The van der Waals surface area contributed by atoms with Crippen molar-refractivity contribution in [1.29, 1.82) is 0 Å². The highest BCUT2D eigenvalue weighted by Crippen LogP contribution is 2.36. The van der Waals surface area contributed by atoms with Crippen molar-refractivity contribution in [3.05, 3.63) is 53.3 Å². The fourth-order valence-electron chi connectivity index (χ4n) is 2.93. The molecule has 0 bridgehead atoms. The molecule has 3 rings (SSSR count). The van der Waals surface area contributed by atoms with Gasteiger partial charge in [0.05, 0.1) is 18.3 Å². The topological polar surface area (TPSA) is 50.1 Å². The van der Waals surface area contributed by atoms with E-state index in [1.165, 1.54) is 11.1 Å². The number of aliphatic hydroxyl groups excluding tert-OH is 1. The van der Waals surface area contributed by atoms with Gasteiger partial charge in [0, 0.05) is 25.4 Å². The standard InChI is InChI=1S/C15H19N3O/c1-18-10-12(9-17-18)8-16-15(11-19)7-6-13-4-2-3-5-14(13)15/h2-5,9-10,16,19H,6-8,11H2,1H3. The number of aliphatic hydroxyl groups is 1. The number of fused-ring (bicyclic) bond motifs is 1. The number of hydrogen-bond acceptors (Lipinski definition) is 3. The predicted octanol–water partition coefficient (Wildman–Crippen LogP) is 1.34. The third-order valence-electron chi connectivity index (χ3n) is 4.01. The highest BCUT2D eigenvalue weighted by molar-refractivity contribution is 5.39. The molecule has 0 saturated carbocycles. The zero-order chi connectivity index (χ0) is 13.3. The van der Waals surface area contributed by atoms with Crippen LogP contribution in [-0.2, 0) is 25.6 Å². The minimum Gasteiger partial charge on any atom is -0.394 e. The minimum absolute atomic E-state index is 0.129. The highest BCUT2D eigenvalue weighted by Gasteiger charge is 2.37. The molecule has 1 heterocycles. The summed E-state index contributed by atoms with van der Waals surface area (Å²) in [6.45, 7) is 0.854. The fourth-order valence-corrected chi connectivity index (χ4v) is 2.93. The molecule has 1 aliphatic carbocycles. The van der Waals surface area contributed by atoms with Gasteiger partial charge in [0.1, 0.15) is 0 Å². The van der Waals surface area contributed by atoms with Gasteiger partial charge in [-0.3, -0.25) is 4.68 Å². The summed E-state index contributed by atoms with van der Waals surface area (Å²) < 4.78 is 1.80. The minimum atomic E-state index is -0.299. The van der Waals surface area contributed by atoms with E-state index in [4.69, 9.17) is 0 Å².